The van der Waals surface area contributed by atoms with E-state index in [1.807, 2.05) is 30.2 Å². The second-order valence-electron chi connectivity index (χ2n) is 4.75. The van der Waals surface area contributed by atoms with Gasteiger partial charge in [-0.2, -0.15) is 0 Å². The lowest BCUT2D eigenvalue weighted by Crippen LogP contribution is -2.41. The number of pyridine rings is 1. The van der Waals surface area contributed by atoms with Crippen LogP contribution in [0.5, 0.6) is 0 Å². The number of carbonyl (C=O) groups is 1. The first kappa shape index (κ1) is 14.0. The number of amides is 1. The van der Waals surface area contributed by atoms with Crippen molar-refractivity contribution in [3.05, 3.63) is 29.6 Å². The zero-order valence-electron chi connectivity index (χ0n) is 11.4. The SMILES string of the molecule is Cc1ccc(CNCCC(=O)N2CCOCC2)nc1. The number of hydrogen-bond donors (Lipinski definition) is 1. The van der Waals surface area contributed by atoms with Crippen LogP contribution in [0.1, 0.15) is 17.7 Å². The number of hydrogen-bond acceptors (Lipinski definition) is 4. The molecule has 1 amide bonds. The third kappa shape index (κ3) is 4.61. The molecule has 0 spiro atoms. The summed E-state index contributed by atoms with van der Waals surface area (Å²) < 4.78 is 5.23. The number of aromatic nitrogens is 1. The van der Waals surface area contributed by atoms with E-state index in [4.69, 9.17) is 4.74 Å². The zero-order valence-corrected chi connectivity index (χ0v) is 11.4. The van der Waals surface area contributed by atoms with Crippen LogP contribution in [-0.2, 0) is 16.1 Å². The molecule has 0 aliphatic carbocycles. The second kappa shape index (κ2) is 7.21. The van der Waals surface area contributed by atoms with Gasteiger partial charge in [-0.1, -0.05) is 6.07 Å². The standard InChI is InChI=1S/C14H21N3O2/c1-12-2-3-13(16-10-12)11-15-5-4-14(18)17-6-8-19-9-7-17/h2-3,10,15H,4-9,11H2,1H3. The molecule has 1 aromatic heterocycles. The number of rotatable bonds is 5. The van der Waals surface area contributed by atoms with E-state index in [1.165, 1.54) is 0 Å². The van der Waals surface area contributed by atoms with Gasteiger partial charge in [0.1, 0.15) is 0 Å². The van der Waals surface area contributed by atoms with Gasteiger partial charge in [0.05, 0.1) is 18.9 Å². The molecule has 5 nitrogen and oxygen atoms in total. The van der Waals surface area contributed by atoms with Crippen LogP contribution in [0.25, 0.3) is 0 Å². The molecule has 0 bridgehead atoms. The van der Waals surface area contributed by atoms with Crippen LogP contribution in [0.3, 0.4) is 0 Å². The molecule has 2 heterocycles. The Hall–Kier alpha value is -1.46. The fourth-order valence-corrected chi connectivity index (χ4v) is 1.99. The van der Waals surface area contributed by atoms with E-state index in [9.17, 15) is 4.79 Å². The van der Waals surface area contributed by atoms with E-state index in [1.54, 1.807) is 0 Å². The number of nitrogens with zero attached hydrogens (tertiary/aromatic N) is 2. The predicted molar refractivity (Wildman–Crippen MR) is 72.7 cm³/mol. The van der Waals surface area contributed by atoms with Crippen molar-refractivity contribution in [3.8, 4) is 0 Å². The first-order valence-corrected chi connectivity index (χ1v) is 6.73. The maximum Gasteiger partial charge on any atom is 0.224 e. The van der Waals surface area contributed by atoms with Gasteiger partial charge in [0.25, 0.3) is 0 Å². The van der Waals surface area contributed by atoms with Crippen LogP contribution < -0.4 is 5.32 Å². The quantitative estimate of drug-likeness (QED) is 0.796. The molecule has 1 aliphatic heterocycles. The molecular weight excluding hydrogens is 242 g/mol. The number of carbonyl (C=O) groups excluding carboxylic acids is 1. The van der Waals surface area contributed by atoms with Crippen LogP contribution >= 0.6 is 0 Å². The summed E-state index contributed by atoms with van der Waals surface area (Å²) in [7, 11) is 0. The van der Waals surface area contributed by atoms with Crippen LogP contribution in [-0.4, -0.2) is 48.6 Å². The maximum absolute atomic E-state index is 11.9. The molecule has 0 aromatic carbocycles. The first-order valence-electron chi connectivity index (χ1n) is 6.73. The van der Waals surface area contributed by atoms with Gasteiger partial charge in [0.2, 0.25) is 5.91 Å². The molecule has 5 heteroatoms. The summed E-state index contributed by atoms with van der Waals surface area (Å²) in [5, 5.41) is 3.25. The van der Waals surface area contributed by atoms with Crippen LogP contribution in [0.15, 0.2) is 18.3 Å². The Morgan fingerprint density at radius 1 is 1.42 bits per heavy atom. The average Bonchev–Trinajstić information content (AvgIpc) is 2.46. The van der Waals surface area contributed by atoms with Gasteiger partial charge in [0.15, 0.2) is 0 Å². The molecule has 1 aromatic rings. The van der Waals surface area contributed by atoms with Crippen LogP contribution in [0.2, 0.25) is 0 Å². The summed E-state index contributed by atoms with van der Waals surface area (Å²) in [6.07, 6.45) is 2.39. The van der Waals surface area contributed by atoms with Crippen LogP contribution in [0, 0.1) is 6.92 Å². The Morgan fingerprint density at radius 2 is 2.21 bits per heavy atom. The van der Waals surface area contributed by atoms with Gasteiger partial charge in [-0.05, 0) is 18.6 Å². The third-order valence-corrected chi connectivity index (χ3v) is 3.16. The largest absolute Gasteiger partial charge is 0.378 e. The maximum atomic E-state index is 11.9. The van der Waals surface area contributed by atoms with E-state index in [-0.39, 0.29) is 5.91 Å². The summed E-state index contributed by atoms with van der Waals surface area (Å²) >= 11 is 0. The molecule has 1 aliphatic rings. The lowest BCUT2D eigenvalue weighted by molar-refractivity contribution is -0.135. The van der Waals surface area contributed by atoms with Crippen molar-refractivity contribution in [2.24, 2.45) is 0 Å². The molecule has 1 N–H and O–H groups in total. The van der Waals surface area contributed by atoms with Crippen LogP contribution in [0.4, 0.5) is 0 Å². The van der Waals surface area contributed by atoms with E-state index >= 15 is 0 Å². The topological polar surface area (TPSA) is 54.5 Å². The average molecular weight is 263 g/mol. The van der Waals surface area contributed by atoms with Crippen molar-refractivity contribution in [1.82, 2.24) is 15.2 Å². The highest BCUT2D eigenvalue weighted by atomic mass is 16.5. The fourth-order valence-electron chi connectivity index (χ4n) is 1.99. The summed E-state index contributed by atoms with van der Waals surface area (Å²) in [6, 6.07) is 4.05. The van der Waals surface area contributed by atoms with Gasteiger partial charge < -0.3 is 15.0 Å². The number of morpholine rings is 1. The van der Waals surface area contributed by atoms with Crippen molar-refractivity contribution in [1.29, 1.82) is 0 Å². The molecule has 19 heavy (non-hydrogen) atoms. The normalized spacial score (nSPS) is 15.5. The Bertz CT molecular complexity index is 400. The van der Waals surface area contributed by atoms with Crippen molar-refractivity contribution < 1.29 is 9.53 Å². The molecule has 0 saturated carbocycles. The predicted octanol–water partition coefficient (Wildman–Crippen LogP) is 0.729. The molecule has 2 rings (SSSR count). The van der Waals surface area contributed by atoms with E-state index < -0.39 is 0 Å². The second-order valence-corrected chi connectivity index (χ2v) is 4.75. The monoisotopic (exact) mass is 263 g/mol. The summed E-state index contributed by atoms with van der Waals surface area (Å²) in [6.45, 7) is 6.17. The Labute approximate surface area is 114 Å². The van der Waals surface area contributed by atoms with Crippen molar-refractivity contribution in [2.45, 2.75) is 19.9 Å². The Kier molecular flexibility index (Phi) is 5.30. The van der Waals surface area contributed by atoms with Gasteiger partial charge in [-0.3, -0.25) is 9.78 Å². The Balaban J connectivity index is 1.63. The molecule has 0 radical (unpaired) electrons. The summed E-state index contributed by atoms with van der Waals surface area (Å²) in [4.78, 5) is 18.0. The minimum Gasteiger partial charge on any atom is -0.378 e. The lowest BCUT2D eigenvalue weighted by Gasteiger charge is -2.26. The summed E-state index contributed by atoms with van der Waals surface area (Å²) in [5.41, 5.74) is 2.16. The fraction of sp³-hybridized carbons (Fsp3) is 0.571. The third-order valence-electron chi connectivity index (χ3n) is 3.16. The van der Waals surface area contributed by atoms with Gasteiger partial charge in [0, 0.05) is 38.8 Å². The number of ether oxygens (including phenoxy) is 1. The lowest BCUT2D eigenvalue weighted by atomic mass is 10.2. The zero-order chi connectivity index (χ0) is 13.5. The van der Waals surface area contributed by atoms with Gasteiger partial charge in [-0.25, -0.2) is 0 Å². The van der Waals surface area contributed by atoms with Crippen molar-refractivity contribution in [2.75, 3.05) is 32.8 Å². The van der Waals surface area contributed by atoms with Gasteiger partial charge >= 0.3 is 0 Å². The molecule has 1 saturated heterocycles. The minimum absolute atomic E-state index is 0.202. The highest BCUT2D eigenvalue weighted by molar-refractivity contribution is 5.76. The smallest absolute Gasteiger partial charge is 0.224 e. The molecule has 1 fully saturated rings. The first-order chi connectivity index (χ1) is 9.25. The highest BCUT2D eigenvalue weighted by Crippen LogP contribution is 2.00. The summed E-state index contributed by atoms with van der Waals surface area (Å²) in [5.74, 6) is 0.202. The van der Waals surface area contributed by atoms with E-state index in [0.717, 1.165) is 24.3 Å². The minimum atomic E-state index is 0.202. The number of nitrogens with one attached hydrogen (secondary N) is 1. The van der Waals surface area contributed by atoms with E-state index in [2.05, 4.69) is 10.3 Å². The Morgan fingerprint density at radius 3 is 2.89 bits per heavy atom. The van der Waals surface area contributed by atoms with Crippen molar-refractivity contribution in [3.63, 3.8) is 0 Å². The van der Waals surface area contributed by atoms with E-state index in [0.29, 0.717) is 32.7 Å². The molecular formula is C14H21N3O2. The van der Waals surface area contributed by atoms with Crippen molar-refractivity contribution >= 4 is 5.91 Å². The number of aryl methyl sites for hydroxylation is 1. The highest BCUT2D eigenvalue weighted by Gasteiger charge is 2.15. The molecule has 0 atom stereocenters. The molecule has 104 valence electrons. The van der Waals surface area contributed by atoms with Gasteiger partial charge in [-0.15, -0.1) is 0 Å². The molecule has 0 unspecified atom stereocenters.